The highest BCUT2D eigenvalue weighted by molar-refractivity contribution is 5.56. The van der Waals surface area contributed by atoms with E-state index in [1.54, 1.807) is 13.0 Å². The van der Waals surface area contributed by atoms with Crippen LogP contribution in [-0.2, 0) is 0 Å². The molecule has 2 atom stereocenters. The van der Waals surface area contributed by atoms with Crippen LogP contribution in [0.2, 0.25) is 0 Å². The molecule has 0 aliphatic carbocycles. The Morgan fingerprint density at radius 2 is 2.00 bits per heavy atom. The van der Waals surface area contributed by atoms with Crippen LogP contribution in [0.15, 0.2) is 18.2 Å². The van der Waals surface area contributed by atoms with Crippen LogP contribution in [0.3, 0.4) is 0 Å². The molecule has 4 heteroatoms. The topological polar surface area (TPSA) is 26.7 Å². The van der Waals surface area contributed by atoms with Crippen LogP contribution in [0.25, 0.3) is 0 Å². The SMILES string of the molecule is C[C@@H](O)c1cccc(F)c1N1CCC(N2CCCC2)C1. The number of nitrogens with zero attached hydrogens (tertiary/aromatic N) is 2. The Labute approximate surface area is 120 Å². The van der Waals surface area contributed by atoms with Gasteiger partial charge in [-0.1, -0.05) is 12.1 Å². The molecule has 3 nitrogen and oxygen atoms in total. The Balaban J connectivity index is 1.80. The smallest absolute Gasteiger partial charge is 0.146 e. The zero-order valence-electron chi connectivity index (χ0n) is 12.1. The van der Waals surface area contributed by atoms with Gasteiger partial charge in [0.1, 0.15) is 5.82 Å². The van der Waals surface area contributed by atoms with E-state index in [4.69, 9.17) is 0 Å². The first-order valence-corrected chi connectivity index (χ1v) is 7.62. The van der Waals surface area contributed by atoms with Crippen molar-refractivity contribution in [2.45, 2.75) is 38.3 Å². The van der Waals surface area contributed by atoms with Gasteiger partial charge in [-0.2, -0.15) is 0 Å². The predicted molar refractivity (Wildman–Crippen MR) is 78.5 cm³/mol. The summed E-state index contributed by atoms with van der Waals surface area (Å²) in [6.07, 6.45) is 3.03. The highest BCUT2D eigenvalue weighted by atomic mass is 19.1. The molecule has 2 aliphatic rings. The fraction of sp³-hybridized carbons (Fsp3) is 0.625. The van der Waals surface area contributed by atoms with E-state index in [9.17, 15) is 9.50 Å². The first-order valence-electron chi connectivity index (χ1n) is 7.62. The number of hydrogen-bond acceptors (Lipinski definition) is 3. The van der Waals surface area contributed by atoms with E-state index < -0.39 is 6.10 Å². The van der Waals surface area contributed by atoms with Crippen LogP contribution in [0.4, 0.5) is 10.1 Å². The van der Waals surface area contributed by atoms with E-state index in [1.165, 1.54) is 32.0 Å². The molecule has 1 N–H and O–H groups in total. The van der Waals surface area contributed by atoms with Crippen LogP contribution < -0.4 is 4.90 Å². The molecule has 0 radical (unpaired) electrons. The minimum atomic E-state index is -0.633. The number of likely N-dealkylation sites (tertiary alicyclic amines) is 1. The number of aliphatic hydroxyl groups is 1. The largest absolute Gasteiger partial charge is 0.389 e. The van der Waals surface area contributed by atoms with Crippen molar-refractivity contribution in [2.24, 2.45) is 0 Å². The molecule has 2 fully saturated rings. The van der Waals surface area contributed by atoms with Gasteiger partial charge in [-0.15, -0.1) is 0 Å². The molecule has 0 bridgehead atoms. The lowest BCUT2D eigenvalue weighted by atomic mass is 10.1. The Bertz CT molecular complexity index is 472. The number of para-hydroxylation sites is 1. The predicted octanol–water partition coefficient (Wildman–Crippen LogP) is 2.55. The zero-order chi connectivity index (χ0) is 14.1. The van der Waals surface area contributed by atoms with E-state index >= 15 is 0 Å². The molecule has 0 saturated carbocycles. The summed E-state index contributed by atoms with van der Waals surface area (Å²) in [5, 5.41) is 9.86. The lowest BCUT2D eigenvalue weighted by Gasteiger charge is -2.26. The van der Waals surface area contributed by atoms with E-state index in [0.717, 1.165) is 19.5 Å². The van der Waals surface area contributed by atoms with E-state index in [-0.39, 0.29) is 5.82 Å². The van der Waals surface area contributed by atoms with Crippen molar-refractivity contribution in [3.8, 4) is 0 Å². The van der Waals surface area contributed by atoms with Crippen LogP contribution in [0, 0.1) is 5.82 Å². The second kappa shape index (κ2) is 5.70. The van der Waals surface area contributed by atoms with Crippen molar-refractivity contribution in [1.82, 2.24) is 4.90 Å². The van der Waals surface area contributed by atoms with Gasteiger partial charge < -0.3 is 10.0 Å². The number of aliphatic hydroxyl groups excluding tert-OH is 1. The second-order valence-electron chi connectivity index (χ2n) is 5.99. The fourth-order valence-electron chi connectivity index (χ4n) is 3.55. The van der Waals surface area contributed by atoms with Gasteiger partial charge in [0.15, 0.2) is 0 Å². The van der Waals surface area contributed by atoms with Crippen LogP contribution in [0.1, 0.15) is 37.9 Å². The third-order valence-electron chi connectivity index (χ3n) is 4.60. The van der Waals surface area contributed by atoms with Crippen molar-refractivity contribution in [3.05, 3.63) is 29.6 Å². The Morgan fingerprint density at radius 3 is 2.70 bits per heavy atom. The molecule has 2 saturated heterocycles. The van der Waals surface area contributed by atoms with Gasteiger partial charge in [-0.25, -0.2) is 4.39 Å². The molecule has 0 aromatic heterocycles. The number of halogens is 1. The molecule has 1 aromatic carbocycles. The fourth-order valence-corrected chi connectivity index (χ4v) is 3.55. The molecule has 3 rings (SSSR count). The van der Waals surface area contributed by atoms with Crippen molar-refractivity contribution < 1.29 is 9.50 Å². The summed E-state index contributed by atoms with van der Waals surface area (Å²) in [6, 6.07) is 5.53. The normalized spacial score (nSPS) is 25.4. The van der Waals surface area contributed by atoms with Gasteiger partial charge in [0.05, 0.1) is 11.8 Å². The molecular weight excluding hydrogens is 255 g/mol. The molecule has 2 aliphatic heterocycles. The maximum Gasteiger partial charge on any atom is 0.146 e. The lowest BCUT2D eigenvalue weighted by Crippen LogP contribution is -2.35. The lowest BCUT2D eigenvalue weighted by molar-refractivity contribution is 0.199. The number of benzene rings is 1. The van der Waals surface area contributed by atoms with Crippen LogP contribution in [-0.4, -0.2) is 42.2 Å². The summed E-state index contributed by atoms with van der Waals surface area (Å²) in [5.74, 6) is -0.217. The third kappa shape index (κ3) is 2.54. The third-order valence-corrected chi connectivity index (χ3v) is 4.60. The standard InChI is InChI=1S/C16H23FN2O/c1-12(20)14-5-4-6-15(17)16(14)19-10-7-13(11-19)18-8-2-3-9-18/h4-6,12-13,20H,2-3,7-11H2,1H3/t12-,13?/m1/s1. The maximum atomic E-state index is 14.2. The van der Waals surface area contributed by atoms with Crippen molar-refractivity contribution in [2.75, 3.05) is 31.1 Å². The van der Waals surface area contributed by atoms with Gasteiger partial charge in [0, 0.05) is 24.7 Å². The average Bonchev–Trinajstić information content (AvgIpc) is 3.09. The molecule has 110 valence electrons. The number of rotatable bonds is 3. The average molecular weight is 278 g/mol. The summed E-state index contributed by atoms with van der Waals surface area (Å²) in [4.78, 5) is 4.64. The Morgan fingerprint density at radius 1 is 1.25 bits per heavy atom. The minimum absolute atomic E-state index is 0.217. The molecule has 20 heavy (non-hydrogen) atoms. The highest BCUT2D eigenvalue weighted by Gasteiger charge is 2.31. The molecule has 0 amide bonds. The second-order valence-corrected chi connectivity index (χ2v) is 5.99. The number of anilines is 1. The van der Waals surface area contributed by atoms with Crippen LogP contribution >= 0.6 is 0 Å². The monoisotopic (exact) mass is 278 g/mol. The molecule has 1 aromatic rings. The molecular formula is C16H23FN2O. The maximum absolute atomic E-state index is 14.2. The Kier molecular flexibility index (Phi) is 3.94. The summed E-state index contributed by atoms with van der Waals surface area (Å²) < 4.78 is 14.2. The summed E-state index contributed by atoms with van der Waals surface area (Å²) in [7, 11) is 0. The number of hydrogen-bond donors (Lipinski definition) is 1. The molecule has 2 heterocycles. The van der Waals surface area contributed by atoms with E-state index in [2.05, 4.69) is 9.80 Å². The van der Waals surface area contributed by atoms with Gasteiger partial charge in [0.2, 0.25) is 0 Å². The van der Waals surface area contributed by atoms with Gasteiger partial charge >= 0.3 is 0 Å². The molecule has 0 spiro atoms. The van der Waals surface area contributed by atoms with Gasteiger partial charge in [-0.3, -0.25) is 4.90 Å². The van der Waals surface area contributed by atoms with Gasteiger partial charge in [-0.05, 0) is 45.3 Å². The first-order chi connectivity index (χ1) is 9.66. The summed E-state index contributed by atoms with van der Waals surface area (Å²) >= 11 is 0. The van der Waals surface area contributed by atoms with E-state index in [1.807, 2.05) is 6.07 Å². The van der Waals surface area contributed by atoms with Crippen molar-refractivity contribution in [3.63, 3.8) is 0 Å². The van der Waals surface area contributed by atoms with Crippen LogP contribution in [0.5, 0.6) is 0 Å². The van der Waals surface area contributed by atoms with E-state index in [0.29, 0.717) is 17.3 Å². The minimum Gasteiger partial charge on any atom is -0.389 e. The summed E-state index contributed by atoms with van der Waals surface area (Å²) in [6.45, 7) is 5.81. The first kappa shape index (κ1) is 13.8. The highest BCUT2D eigenvalue weighted by Crippen LogP contribution is 2.33. The van der Waals surface area contributed by atoms with Crippen molar-refractivity contribution in [1.29, 1.82) is 0 Å². The Hall–Kier alpha value is -1.13. The van der Waals surface area contributed by atoms with Gasteiger partial charge in [0.25, 0.3) is 0 Å². The van der Waals surface area contributed by atoms with Crippen molar-refractivity contribution >= 4 is 5.69 Å². The molecule has 1 unspecified atom stereocenters. The quantitative estimate of drug-likeness (QED) is 0.920. The zero-order valence-corrected chi connectivity index (χ0v) is 12.1. The summed E-state index contributed by atoms with van der Waals surface area (Å²) in [5.41, 5.74) is 1.30.